The first-order chi connectivity index (χ1) is 19.9. The maximum absolute atomic E-state index is 14.0. The molecule has 2 aromatic rings. The Hall–Kier alpha value is -3.54. The van der Waals surface area contributed by atoms with E-state index in [1.54, 1.807) is 0 Å². The molecule has 3 aliphatic heterocycles. The normalized spacial score (nSPS) is 24.3. The summed E-state index contributed by atoms with van der Waals surface area (Å²) in [5, 5.41) is 5.50. The Morgan fingerprint density at radius 2 is 1.88 bits per heavy atom. The van der Waals surface area contributed by atoms with Crippen molar-refractivity contribution >= 4 is 17.7 Å². The third-order valence-electron chi connectivity index (χ3n) is 8.09. The van der Waals surface area contributed by atoms with E-state index in [0.29, 0.717) is 13.0 Å². The van der Waals surface area contributed by atoms with E-state index in [9.17, 15) is 18.8 Å². The highest BCUT2D eigenvalue weighted by molar-refractivity contribution is 5.97. The summed E-state index contributed by atoms with van der Waals surface area (Å²) in [4.78, 5) is 45.8. The fraction of sp³-hybridized carbons (Fsp3) is 0.500. The Morgan fingerprint density at radius 3 is 2.63 bits per heavy atom. The minimum atomic E-state index is -0.840. The molecule has 0 aromatic heterocycles. The number of carbonyl (C=O) groups excluding carboxylic acids is 3. The number of methoxy groups -OCH3 is 1. The standard InChI is InChI=1S/C30H38FN5O5/c1-40-20-28(37)33-26-9-10-32-29(38)25-15-22(31)7-8-27(25)41-19-24-16-23(18-36(24)30(26)39)35-13-11-34(12-14-35)17-21-5-3-2-4-6-21/h2-8,15,23-24,26H,9-14,16-20H2,1H3,(H,32,38)(H,33,37)/t23-,24-,26-/m0/s1. The van der Waals surface area contributed by atoms with Crippen molar-refractivity contribution in [2.24, 2.45) is 0 Å². The SMILES string of the molecule is COCC(=O)N[C@H]1CCNC(=O)c2cc(F)ccc2OC[C@@H]2C[C@H](N3CCN(Cc4ccccc4)CC3)CN2C1=O. The quantitative estimate of drug-likeness (QED) is 0.542. The van der Waals surface area contributed by atoms with E-state index in [2.05, 4.69) is 44.7 Å². The van der Waals surface area contributed by atoms with Crippen molar-refractivity contribution in [3.05, 3.63) is 65.5 Å². The molecule has 0 aliphatic carbocycles. The van der Waals surface area contributed by atoms with Gasteiger partial charge in [0, 0.05) is 59.0 Å². The zero-order chi connectivity index (χ0) is 28.8. The monoisotopic (exact) mass is 567 g/mol. The maximum Gasteiger partial charge on any atom is 0.255 e. The van der Waals surface area contributed by atoms with Crippen LogP contribution in [-0.4, -0.2) is 110 Å². The summed E-state index contributed by atoms with van der Waals surface area (Å²) in [5.41, 5.74) is 1.40. The van der Waals surface area contributed by atoms with Gasteiger partial charge in [0.05, 0.1) is 11.6 Å². The predicted octanol–water partition coefficient (Wildman–Crippen LogP) is 1.26. The molecule has 41 heavy (non-hydrogen) atoms. The number of hydrogen-bond acceptors (Lipinski definition) is 7. The van der Waals surface area contributed by atoms with Crippen molar-refractivity contribution < 1.29 is 28.2 Å². The van der Waals surface area contributed by atoms with E-state index >= 15 is 0 Å². The number of carbonyl (C=O) groups is 3. The van der Waals surface area contributed by atoms with Crippen LogP contribution in [0.3, 0.4) is 0 Å². The molecule has 2 aromatic carbocycles. The number of fused-ring (bicyclic) bond motifs is 2. The molecule has 0 saturated carbocycles. The summed E-state index contributed by atoms with van der Waals surface area (Å²) in [5.74, 6) is -1.37. The first-order valence-corrected chi connectivity index (χ1v) is 14.2. The van der Waals surface area contributed by atoms with Crippen LogP contribution >= 0.6 is 0 Å². The molecule has 10 nitrogen and oxygen atoms in total. The largest absolute Gasteiger partial charge is 0.491 e. The van der Waals surface area contributed by atoms with Crippen LogP contribution in [0.2, 0.25) is 0 Å². The van der Waals surface area contributed by atoms with Crippen molar-refractivity contribution in [1.82, 2.24) is 25.3 Å². The lowest BCUT2D eigenvalue weighted by Crippen LogP contribution is -2.54. The smallest absolute Gasteiger partial charge is 0.255 e. The van der Waals surface area contributed by atoms with Gasteiger partial charge in [0.25, 0.3) is 5.91 Å². The topological polar surface area (TPSA) is 103 Å². The molecule has 0 unspecified atom stereocenters. The van der Waals surface area contributed by atoms with E-state index in [1.807, 2.05) is 11.0 Å². The number of halogens is 1. The van der Waals surface area contributed by atoms with Gasteiger partial charge in [-0.15, -0.1) is 0 Å². The van der Waals surface area contributed by atoms with Gasteiger partial charge in [-0.2, -0.15) is 0 Å². The highest BCUT2D eigenvalue weighted by Crippen LogP contribution is 2.28. The van der Waals surface area contributed by atoms with Crippen molar-refractivity contribution in [2.45, 2.75) is 37.5 Å². The second kappa shape index (κ2) is 13.4. The highest BCUT2D eigenvalue weighted by Gasteiger charge is 2.41. The first-order valence-electron chi connectivity index (χ1n) is 14.2. The molecule has 220 valence electrons. The summed E-state index contributed by atoms with van der Waals surface area (Å²) in [6, 6.07) is 13.3. The number of nitrogens with one attached hydrogen (secondary N) is 2. The van der Waals surface area contributed by atoms with Crippen molar-refractivity contribution in [3.8, 4) is 5.75 Å². The van der Waals surface area contributed by atoms with Gasteiger partial charge in [0.15, 0.2) is 0 Å². The van der Waals surface area contributed by atoms with Crippen LogP contribution in [0, 0.1) is 5.82 Å². The zero-order valence-electron chi connectivity index (χ0n) is 23.4. The van der Waals surface area contributed by atoms with Crippen molar-refractivity contribution in [2.75, 3.05) is 59.6 Å². The van der Waals surface area contributed by atoms with Crippen LogP contribution in [0.25, 0.3) is 0 Å². The molecule has 3 aliphatic rings. The fourth-order valence-electron chi connectivity index (χ4n) is 5.95. The summed E-state index contributed by atoms with van der Waals surface area (Å²) >= 11 is 0. The van der Waals surface area contributed by atoms with Gasteiger partial charge >= 0.3 is 0 Å². The molecule has 0 spiro atoms. The Morgan fingerprint density at radius 1 is 1.10 bits per heavy atom. The third kappa shape index (κ3) is 7.22. The van der Waals surface area contributed by atoms with E-state index in [1.165, 1.54) is 24.8 Å². The average molecular weight is 568 g/mol. The molecule has 2 saturated heterocycles. The van der Waals surface area contributed by atoms with Crippen LogP contribution in [0.5, 0.6) is 5.75 Å². The minimum absolute atomic E-state index is 0.104. The van der Waals surface area contributed by atoms with Gasteiger partial charge in [-0.1, -0.05) is 30.3 Å². The molecule has 0 bridgehead atoms. The Bertz CT molecular complexity index is 1220. The second-order valence-corrected chi connectivity index (χ2v) is 10.9. The molecule has 2 fully saturated rings. The number of piperazine rings is 1. The maximum atomic E-state index is 14.0. The first kappa shape index (κ1) is 29.0. The molecule has 3 heterocycles. The second-order valence-electron chi connectivity index (χ2n) is 10.9. The third-order valence-corrected chi connectivity index (χ3v) is 8.09. The number of nitrogens with zero attached hydrogens (tertiary/aromatic N) is 3. The van der Waals surface area contributed by atoms with E-state index in [4.69, 9.17) is 9.47 Å². The van der Waals surface area contributed by atoms with E-state index in [-0.39, 0.29) is 55.5 Å². The Kier molecular flexibility index (Phi) is 9.48. The average Bonchev–Trinajstić information content (AvgIpc) is 3.40. The zero-order valence-corrected chi connectivity index (χ0v) is 23.4. The van der Waals surface area contributed by atoms with Gasteiger partial charge in [-0.05, 0) is 36.6 Å². The van der Waals surface area contributed by atoms with Crippen LogP contribution < -0.4 is 15.4 Å². The molecule has 3 atom stereocenters. The van der Waals surface area contributed by atoms with Crippen LogP contribution in [-0.2, 0) is 20.9 Å². The highest BCUT2D eigenvalue weighted by atomic mass is 19.1. The summed E-state index contributed by atoms with van der Waals surface area (Å²) in [7, 11) is 1.41. The van der Waals surface area contributed by atoms with Gasteiger partial charge in [-0.25, -0.2) is 4.39 Å². The molecule has 11 heteroatoms. The number of hydrogen-bond donors (Lipinski definition) is 2. The van der Waals surface area contributed by atoms with Crippen LogP contribution in [0.4, 0.5) is 4.39 Å². The van der Waals surface area contributed by atoms with Gasteiger partial charge in [0.1, 0.15) is 30.8 Å². The summed E-state index contributed by atoms with van der Waals surface area (Å²) < 4.78 is 25.0. The number of rotatable bonds is 6. The van der Waals surface area contributed by atoms with Crippen LogP contribution in [0.1, 0.15) is 28.8 Å². The molecule has 5 rings (SSSR count). The summed E-state index contributed by atoms with van der Waals surface area (Å²) in [6.45, 7) is 5.17. The van der Waals surface area contributed by atoms with E-state index in [0.717, 1.165) is 38.8 Å². The lowest BCUT2D eigenvalue weighted by Gasteiger charge is -2.38. The lowest BCUT2D eigenvalue weighted by atomic mass is 10.1. The fourth-order valence-corrected chi connectivity index (χ4v) is 5.95. The number of ether oxygens (including phenoxy) is 2. The Balaban J connectivity index is 1.31. The molecular weight excluding hydrogens is 529 g/mol. The van der Waals surface area contributed by atoms with Crippen LogP contribution in [0.15, 0.2) is 48.5 Å². The lowest BCUT2D eigenvalue weighted by molar-refractivity contribution is -0.138. The summed E-state index contributed by atoms with van der Waals surface area (Å²) in [6.07, 6.45) is 0.892. The van der Waals surface area contributed by atoms with Gasteiger partial charge in [-0.3, -0.25) is 24.2 Å². The van der Waals surface area contributed by atoms with Crippen molar-refractivity contribution in [1.29, 1.82) is 0 Å². The predicted molar refractivity (Wildman–Crippen MR) is 150 cm³/mol. The Labute approximate surface area is 239 Å². The molecule has 0 radical (unpaired) electrons. The molecule has 3 amide bonds. The van der Waals surface area contributed by atoms with Crippen molar-refractivity contribution in [3.63, 3.8) is 0 Å². The number of amides is 3. The van der Waals surface area contributed by atoms with Gasteiger partial charge in [0.2, 0.25) is 11.8 Å². The van der Waals surface area contributed by atoms with Gasteiger partial charge < -0.3 is 25.0 Å². The molecule has 2 N–H and O–H groups in total. The molecular formula is C30H38FN5O5. The minimum Gasteiger partial charge on any atom is -0.491 e. The number of benzene rings is 2. The van der Waals surface area contributed by atoms with E-state index < -0.39 is 23.7 Å².